The van der Waals surface area contributed by atoms with Crippen molar-refractivity contribution in [3.63, 3.8) is 0 Å². The van der Waals surface area contributed by atoms with Crippen LogP contribution in [0.5, 0.6) is 0 Å². The number of anilines is 2. The van der Waals surface area contributed by atoms with Crippen LogP contribution in [0.3, 0.4) is 0 Å². The van der Waals surface area contributed by atoms with Crippen molar-refractivity contribution in [2.24, 2.45) is 0 Å². The van der Waals surface area contributed by atoms with Crippen molar-refractivity contribution in [1.29, 1.82) is 0 Å². The van der Waals surface area contributed by atoms with Crippen LogP contribution in [0.1, 0.15) is 36.4 Å². The number of nitrogens with one attached hydrogen (secondary N) is 2. The Labute approximate surface area is 183 Å². The summed E-state index contributed by atoms with van der Waals surface area (Å²) in [4.78, 5) is 27.2. The van der Waals surface area contributed by atoms with Crippen LogP contribution in [0, 0.1) is 0 Å². The molecule has 0 aliphatic carbocycles. The lowest BCUT2D eigenvalue weighted by atomic mass is 10.0. The van der Waals surface area contributed by atoms with Gasteiger partial charge >= 0.3 is 5.97 Å². The SMILES string of the molecule is O=C(O)CCCC(=O)Nc1nc2n(n1)[C@@H](c1ccccc1)C=C(c1ccc(Cl)cc1)N2. The van der Waals surface area contributed by atoms with Gasteiger partial charge in [-0.3, -0.25) is 14.9 Å². The summed E-state index contributed by atoms with van der Waals surface area (Å²) in [5.74, 6) is -0.609. The number of halogens is 1. The van der Waals surface area contributed by atoms with Gasteiger partial charge in [-0.05, 0) is 35.8 Å². The Morgan fingerprint density at radius 1 is 1.10 bits per heavy atom. The molecule has 1 atom stereocenters. The van der Waals surface area contributed by atoms with Crippen molar-refractivity contribution in [2.45, 2.75) is 25.3 Å². The molecule has 0 fully saturated rings. The molecule has 9 heteroatoms. The third-order valence-electron chi connectivity index (χ3n) is 4.81. The van der Waals surface area contributed by atoms with Crippen LogP contribution in [0.4, 0.5) is 11.9 Å². The molecule has 3 N–H and O–H groups in total. The zero-order chi connectivity index (χ0) is 21.8. The van der Waals surface area contributed by atoms with Gasteiger partial charge in [0.25, 0.3) is 5.95 Å². The number of carboxylic acids is 1. The van der Waals surface area contributed by atoms with Crippen molar-refractivity contribution in [2.75, 3.05) is 10.6 Å². The highest BCUT2D eigenvalue weighted by atomic mass is 35.5. The van der Waals surface area contributed by atoms with Crippen LogP contribution in [0.2, 0.25) is 5.02 Å². The van der Waals surface area contributed by atoms with Crippen molar-refractivity contribution in [3.05, 3.63) is 76.8 Å². The molecule has 2 heterocycles. The van der Waals surface area contributed by atoms with E-state index >= 15 is 0 Å². The fourth-order valence-corrected chi connectivity index (χ4v) is 3.44. The van der Waals surface area contributed by atoms with Crippen LogP contribution in [0.15, 0.2) is 60.7 Å². The Kier molecular flexibility index (Phi) is 5.99. The van der Waals surface area contributed by atoms with Gasteiger partial charge in [-0.25, -0.2) is 4.68 Å². The van der Waals surface area contributed by atoms with Crippen LogP contribution in [-0.4, -0.2) is 31.7 Å². The van der Waals surface area contributed by atoms with E-state index in [9.17, 15) is 9.59 Å². The molecule has 1 amide bonds. The first-order valence-corrected chi connectivity index (χ1v) is 10.2. The van der Waals surface area contributed by atoms with Gasteiger partial charge in [0.05, 0.1) is 0 Å². The van der Waals surface area contributed by atoms with E-state index in [1.54, 1.807) is 4.68 Å². The highest BCUT2D eigenvalue weighted by Crippen LogP contribution is 2.33. The predicted octanol–water partition coefficient (Wildman–Crippen LogP) is 4.18. The molecule has 2 aromatic carbocycles. The summed E-state index contributed by atoms with van der Waals surface area (Å²) in [6, 6.07) is 17.1. The number of fused-ring (bicyclic) bond motifs is 1. The number of rotatable bonds is 7. The highest BCUT2D eigenvalue weighted by Gasteiger charge is 2.25. The average molecular weight is 438 g/mol. The zero-order valence-electron chi connectivity index (χ0n) is 16.5. The molecule has 0 unspecified atom stereocenters. The van der Waals surface area contributed by atoms with Gasteiger partial charge in [-0.15, -0.1) is 5.10 Å². The van der Waals surface area contributed by atoms with E-state index in [-0.39, 0.29) is 37.2 Å². The third kappa shape index (κ3) is 4.92. The number of nitrogens with zero attached hydrogens (tertiary/aromatic N) is 3. The van der Waals surface area contributed by atoms with Gasteiger partial charge in [0.1, 0.15) is 6.04 Å². The molecule has 158 valence electrons. The number of amides is 1. The van der Waals surface area contributed by atoms with E-state index in [0.717, 1.165) is 16.8 Å². The lowest BCUT2D eigenvalue weighted by Crippen LogP contribution is -2.20. The minimum Gasteiger partial charge on any atom is -0.481 e. The van der Waals surface area contributed by atoms with Crippen molar-refractivity contribution < 1.29 is 14.7 Å². The number of hydrogen-bond donors (Lipinski definition) is 3. The van der Waals surface area contributed by atoms with Crippen LogP contribution in [-0.2, 0) is 9.59 Å². The number of benzene rings is 2. The van der Waals surface area contributed by atoms with Gasteiger partial charge < -0.3 is 10.4 Å². The first-order valence-electron chi connectivity index (χ1n) is 9.77. The maximum Gasteiger partial charge on any atom is 0.303 e. The molecular formula is C22H20ClN5O3. The molecule has 31 heavy (non-hydrogen) atoms. The Hall–Kier alpha value is -3.65. The number of aliphatic carboxylic acids is 1. The molecule has 1 aliphatic heterocycles. The van der Waals surface area contributed by atoms with Gasteiger partial charge in [-0.1, -0.05) is 54.1 Å². The molecule has 0 radical (unpaired) electrons. The minimum absolute atomic E-state index is 0.0629. The monoisotopic (exact) mass is 437 g/mol. The summed E-state index contributed by atoms with van der Waals surface area (Å²) in [6.07, 6.45) is 2.31. The summed E-state index contributed by atoms with van der Waals surface area (Å²) in [6.45, 7) is 0. The molecule has 4 rings (SSSR count). The molecular weight excluding hydrogens is 418 g/mol. The zero-order valence-corrected chi connectivity index (χ0v) is 17.2. The average Bonchev–Trinajstić information content (AvgIpc) is 3.16. The first kappa shape index (κ1) is 20.6. The van der Waals surface area contributed by atoms with Gasteiger partial charge in [0.2, 0.25) is 11.9 Å². The largest absolute Gasteiger partial charge is 0.481 e. The smallest absolute Gasteiger partial charge is 0.303 e. The lowest BCUT2D eigenvalue weighted by molar-refractivity contribution is -0.137. The summed E-state index contributed by atoms with van der Waals surface area (Å²) in [5, 5.41) is 19.7. The van der Waals surface area contributed by atoms with E-state index in [1.807, 2.05) is 60.7 Å². The van der Waals surface area contributed by atoms with Crippen LogP contribution in [0.25, 0.3) is 5.70 Å². The standard InChI is InChI=1S/C22H20ClN5O3/c23-16-11-9-14(10-12-16)17-13-18(15-5-2-1-3-6-15)28-22(24-17)26-21(27-28)25-19(29)7-4-8-20(30)31/h1-3,5-6,9-13,18H,4,7-8H2,(H,30,31)(H2,24,25,26,27,29)/t18-/m1/s1. The Morgan fingerprint density at radius 3 is 2.55 bits per heavy atom. The molecule has 3 aromatic rings. The fraction of sp³-hybridized carbons (Fsp3) is 0.182. The van der Waals surface area contributed by atoms with E-state index in [1.165, 1.54) is 0 Å². The molecule has 0 spiro atoms. The summed E-state index contributed by atoms with van der Waals surface area (Å²) < 4.78 is 1.71. The summed E-state index contributed by atoms with van der Waals surface area (Å²) >= 11 is 6.02. The molecule has 1 aromatic heterocycles. The third-order valence-corrected chi connectivity index (χ3v) is 5.06. The maximum atomic E-state index is 12.1. The molecule has 0 saturated carbocycles. The number of allylic oxidation sites excluding steroid dienone is 1. The second-order valence-corrected chi connectivity index (χ2v) is 7.50. The van der Waals surface area contributed by atoms with Gasteiger partial charge in [0.15, 0.2) is 0 Å². The van der Waals surface area contributed by atoms with Gasteiger partial charge in [0, 0.05) is 23.6 Å². The maximum absolute atomic E-state index is 12.1. The van der Waals surface area contributed by atoms with Crippen molar-refractivity contribution in [1.82, 2.24) is 14.8 Å². The Balaban J connectivity index is 1.60. The Morgan fingerprint density at radius 2 is 1.84 bits per heavy atom. The first-order chi connectivity index (χ1) is 15.0. The van der Waals surface area contributed by atoms with E-state index < -0.39 is 5.97 Å². The summed E-state index contributed by atoms with van der Waals surface area (Å²) in [5.41, 5.74) is 2.81. The van der Waals surface area contributed by atoms with Gasteiger partial charge in [-0.2, -0.15) is 4.98 Å². The molecule has 0 saturated heterocycles. The minimum atomic E-state index is -0.931. The van der Waals surface area contributed by atoms with E-state index in [4.69, 9.17) is 16.7 Å². The number of carbonyl (C=O) groups excluding carboxylic acids is 1. The second-order valence-electron chi connectivity index (χ2n) is 7.07. The summed E-state index contributed by atoms with van der Waals surface area (Å²) in [7, 11) is 0. The quantitative estimate of drug-likeness (QED) is 0.511. The number of carboxylic acid groups (broad SMARTS) is 1. The number of aromatic nitrogens is 3. The lowest BCUT2D eigenvalue weighted by Gasteiger charge is -2.24. The van der Waals surface area contributed by atoms with E-state index in [2.05, 4.69) is 20.7 Å². The van der Waals surface area contributed by atoms with Crippen LogP contribution >= 0.6 is 11.6 Å². The number of carbonyl (C=O) groups is 2. The second kappa shape index (κ2) is 9.01. The van der Waals surface area contributed by atoms with E-state index in [0.29, 0.717) is 11.0 Å². The van der Waals surface area contributed by atoms with Crippen LogP contribution < -0.4 is 10.6 Å². The molecule has 0 bridgehead atoms. The highest BCUT2D eigenvalue weighted by molar-refractivity contribution is 6.30. The van der Waals surface area contributed by atoms with Crippen molar-refractivity contribution >= 4 is 41.1 Å². The normalized spacial score (nSPS) is 14.9. The van der Waals surface area contributed by atoms with Crippen molar-refractivity contribution in [3.8, 4) is 0 Å². The fourth-order valence-electron chi connectivity index (χ4n) is 3.32. The predicted molar refractivity (Wildman–Crippen MR) is 118 cm³/mol. The molecule has 8 nitrogen and oxygen atoms in total. The molecule has 1 aliphatic rings. The Bertz CT molecular complexity index is 1130. The number of hydrogen-bond acceptors (Lipinski definition) is 5. The topological polar surface area (TPSA) is 109 Å².